The van der Waals surface area contributed by atoms with Crippen LogP contribution in [0, 0.1) is 0 Å². The highest BCUT2D eigenvalue weighted by atomic mass is 31.2. The number of unbranched alkanes of at least 4 members (excludes halogenated alkanes) is 29. The summed E-state index contributed by atoms with van der Waals surface area (Å²) in [5, 5.41) is 3.06. The minimum atomic E-state index is -4.46. The lowest BCUT2D eigenvalue weighted by Crippen LogP contribution is -2.47. The Morgan fingerprint density at radius 1 is 0.434 bits per heavy atom. The van der Waals surface area contributed by atoms with Gasteiger partial charge in [0.15, 0.2) is 0 Å². The molecule has 2 N–H and O–H groups in total. The van der Waals surface area contributed by atoms with Gasteiger partial charge in [-0.15, -0.1) is 0 Å². The van der Waals surface area contributed by atoms with E-state index in [1.807, 2.05) is 33.3 Å². The van der Waals surface area contributed by atoms with Crippen molar-refractivity contribution in [1.82, 2.24) is 5.32 Å². The number of esters is 1. The van der Waals surface area contributed by atoms with Crippen molar-refractivity contribution in [3.8, 4) is 0 Å². The first-order valence-electron chi connectivity index (χ1n) is 34.2. The number of nitrogens with zero attached hydrogens (tertiary/aromatic N) is 1. The summed E-state index contributed by atoms with van der Waals surface area (Å²) in [5.74, 6) is -0.521. The van der Waals surface area contributed by atoms with Crippen LogP contribution in [0.4, 0.5) is 0 Å². The fraction of sp³-hybridized carbons (Fsp3) is 0.726. The highest BCUT2D eigenvalue weighted by molar-refractivity contribution is 7.47. The van der Waals surface area contributed by atoms with Crippen LogP contribution >= 0.6 is 7.82 Å². The van der Waals surface area contributed by atoms with Gasteiger partial charge in [0, 0.05) is 12.8 Å². The Morgan fingerprint density at radius 3 is 1.18 bits per heavy atom. The number of carbonyl (C=O) groups excluding carboxylic acids is 2. The van der Waals surface area contributed by atoms with E-state index < -0.39 is 20.0 Å². The topological polar surface area (TPSA) is 111 Å². The molecule has 478 valence electrons. The van der Waals surface area contributed by atoms with Crippen LogP contribution in [0.15, 0.2) is 109 Å². The summed E-state index contributed by atoms with van der Waals surface area (Å²) in [6, 6.07) is -0.861. The molecule has 0 aliphatic carbocycles. The molecule has 9 nitrogen and oxygen atoms in total. The van der Waals surface area contributed by atoms with Gasteiger partial charge < -0.3 is 19.4 Å². The van der Waals surface area contributed by atoms with E-state index in [2.05, 4.69) is 123 Å². The predicted octanol–water partition coefficient (Wildman–Crippen LogP) is 21.7. The smallest absolute Gasteiger partial charge is 0.456 e. The van der Waals surface area contributed by atoms with E-state index in [0.29, 0.717) is 17.4 Å². The molecule has 1 amide bonds. The normalized spacial score (nSPS) is 14.3. The van der Waals surface area contributed by atoms with Gasteiger partial charge in [0.25, 0.3) is 0 Å². The Labute approximate surface area is 512 Å². The maximum atomic E-state index is 13.6. The fourth-order valence-electron chi connectivity index (χ4n) is 9.44. The monoisotopic (exact) mass is 1180 g/mol. The third-order valence-electron chi connectivity index (χ3n) is 14.7. The number of hydrogen-bond donors (Lipinski definition) is 2. The van der Waals surface area contributed by atoms with Gasteiger partial charge in [0.1, 0.15) is 19.3 Å². The highest BCUT2D eigenvalue weighted by Gasteiger charge is 2.30. The van der Waals surface area contributed by atoms with E-state index in [4.69, 9.17) is 13.8 Å². The van der Waals surface area contributed by atoms with E-state index >= 15 is 0 Å². The molecule has 3 unspecified atom stereocenters. The lowest BCUT2D eigenvalue weighted by Gasteiger charge is -2.27. The lowest BCUT2D eigenvalue weighted by atomic mass is 10.0. The summed E-state index contributed by atoms with van der Waals surface area (Å²) < 4.78 is 30.8. The molecule has 0 saturated carbocycles. The molecule has 0 aliphatic rings. The van der Waals surface area contributed by atoms with Crippen molar-refractivity contribution in [2.24, 2.45) is 0 Å². The minimum Gasteiger partial charge on any atom is -0.456 e. The Morgan fingerprint density at radius 2 is 0.771 bits per heavy atom. The predicted molar refractivity (Wildman–Crippen MR) is 360 cm³/mol. The Bertz CT molecular complexity index is 1790. The van der Waals surface area contributed by atoms with E-state index in [1.165, 1.54) is 128 Å². The number of amides is 1. The highest BCUT2D eigenvalue weighted by Crippen LogP contribution is 2.43. The molecule has 0 aromatic rings. The number of nitrogens with one attached hydrogen (secondary N) is 1. The van der Waals surface area contributed by atoms with E-state index in [-0.39, 0.29) is 31.5 Å². The van der Waals surface area contributed by atoms with Crippen LogP contribution in [0.25, 0.3) is 0 Å². The molecule has 0 heterocycles. The van der Waals surface area contributed by atoms with E-state index in [1.54, 1.807) is 0 Å². The molecule has 0 aliphatic heterocycles. The molecule has 0 fully saturated rings. The molecule has 0 aromatic heterocycles. The first-order valence-corrected chi connectivity index (χ1v) is 35.7. The maximum absolute atomic E-state index is 13.6. The Balaban J connectivity index is 5.09. The number of phosphoric ester groups is 1. The molecule has 0 rings (SSSR count). The molecule has 0 aromatic carbocycles. The zero-order valence-electron chi connectivity index (χ0n) is 54.7. The van der Waals surface area contributed by atoms with Gasteiger partial charge in [-0.1, -0.05) is 272 Å². The summed E-state index contributed by atoms with van der Waals surface area (Å²) in [6.07, 6.45) is 85.2. The van der Waals surface area contributed by atoms with E-state index in [9.17, 15) is 19.0 Å². The average molecular weight is 1180 g/mol. The van der Waals surface area contributed by atoms with Gasteiger partial charge in [-0.25, -0.2) is 4.57 Å². The van der Waals surface area contributed by atoms with Crippen molar-refractivity contribution in [2.75, 3.05) is 40.9 Å². The molecule has 0 radical (unpaired) electrons. The lowest BCUT2D eigenvalue weighted by molar-refractivity contribution is -0.870. The first-order chi connectivity index (χ1) is 40.4. The molecule has 0 spiro atoms. The number of allylic oxidation sites excluding steroid dienone is 17. The van der Waals surface area contributed by atoms with Crippen LogP contribution in [-0.2, 0) is 27.9 Å². The van der Waals surface area contributed by atoms with Crippen LogP contribution in [0.5, 0.6) is 0 Å². The van der Waals surface area contributed by atoms with Gasteiger partial charge in [-0.2, -0.15) is 0 Å². The summed E-state index contributed by atoms with van der Waals surface area (Å²) in [5.41, 5.74) is 0. The van der Waals surface area contributed by atoms with Crippen LogP contribution in [0.2, 0.25) is 0 Å². The van der Waals surface area contributed by atoms with Crippen LogP contribution in [-0.4, -0.2) is 74.3 Å². The van der Waals surface area contributed by atoms with Gasteiger partial charge in [-0.3, -0.25) is 18.6 Å². The van der Waals surface area contributed by atoms with Crippen molar-refractivity contribution in [3.63, 3.8) is 0 Å². The quantitative estimate of drug-likeness (QED) is 0.0205. The maximum Gasteiger partial charge on any atom is 0.472 e. The Hall–Kier alpha value is -3.33. The average Bonchev–Trinajstić information content (AvgIpc) is 3.51. The van der Waals surface area contributed by atoms with E-state index in [0.717, 1.165) is 128 Å². The second-order valence-corrected chi connectivity index (χ2v) is 25.4. The zero-order valence-corrected chi connectivity index (χ0v) is 55.6. The number of rotatable bonds is 61. The standard InChI is InChI=1S/C73H129N2O7P/c1-7-10-13-16-19-22-25-27-29-31-33-34-35-36-37-38-39-40-42-44-46-48-51-54-57-60-63-66-73(77)82-71(64-61-58-55-52-49-24-21-18-15-12-9-3)70(69-81-83(78,79)80-68-67-75(4,5)6)74-72(76)65-62-59-56-53-50-47-45-43-41-32-30-28-26-23-20-17-14-11-8-2/h10,13,19-20,22-23,27-30,33-34,36-37,39-40,61,64,70-71H,7-9,11-12,14-18,21,24-26,31-32,35,38,41-60,62-63,65-69H2,1-6H3,(H-,74,76,78,79)/p+1/b13-10-,22-19-,23-20-,29-27-,30-28-,34-33-,37-36-,40-39-,64-61-. The summed E-state index contributed by atoms with van der Waals surface area (Å²) in [7, 11) is 1.48. The third-order valence-corrected chi connectivity index (χ3v) is 15.7. The molecule has 3 atom stereocenters. The second kappa shape index (κ2) is 61.7. The fourth-order valence-corrected chi connectivity index (χ4v) is 10.2. The minimum absolute atomic E-state index is 0.0333. The van der Waals surface area contributed by atoms with Crippen molar-refractivity contribution < 1.29 is 37.3 Å². The van der Waals surface area contributed by atoms with Gasteiger partial charge in [0.05, 0.1) is 33.8 Å². The van der Waals surface area contributed by atoms with Crippen LogP contribution in [0.3, 0.4) is 0 Å². The summed E-state index contributed by atoms with van der Waals surface area (Å²) in [6.45, 7) is 6.87. The molecule has 0 saturated heterocycles. The van der Waals surface area contributed by atoms with Crippen LogP contribution < -0.4 is 5.32 Å². The number of phosphoric acid groups is 1. The molecular formula is C73H130N2O7P+. The summed E-state index contributed by atoms with van der Waals surface area (Å²) in [4.78, 5) is 37.8. The molecule has 0 bridgehead atoms. The van der Waals surface area contributed by atoms with Crippen molar-refractivity contribution in [1.29, 1.82) is 0 Å². The molecule has 83 heavy (non-hydrogen) atoms. The van der Waals surface area contributed by atoms with Crippen molar-refractivity contribution in [3.05, 3.63) is 109 Å². The number of carbonyl (C=O) groups is 2. The third kappa shape index (κ3) is 63.0. The van der Waals surface area contributed by atoms with Crippen LogP contribution in [0.1, 0.15) is 290 Å². The first kappa shape index (κ1) is 79.7. The van der Waals surface area contributed by atoms with Crippen molar-refractivity contribution in [2.45, 2.75) is 303 Å². The molecular weight excluding hydrogens is 1050 g/mol. The number of hydrogen-bond acceptors (Lipinski definition) is 6. The largest absolute Gasteiger partial charge is 0.472 e. The second-order valence-electron chi connectivity index (χ2n) is 24.0. The number of quaternary nitrogens is 1. The van der Waals surface area contributed by atoms with Gasteiger partial charge in [0.2, 0.25) is 5.91 Å². The zero-order chi connectivity index (χ0) is 60.7. The van der Waals surface area contributed by atoms with Crippen molar-refractivity contribution >= 4 is 19.7 Å². The summed E-state index contributed by atoms with van der Waals surface area (Å²) >= 11 is 0. The van der Waals surface area contributed by atoms with Gasteiger partial charge >= 0.3 is 13.8 Å². The van der Waals surface area contributed by atoms with Gasteiger partial charge in [-0.05, 0) is 115 Å². The Kier molecular flexibility index (Phi) is 59.3. The number of likely N-dealkylation sites (N-methyl/N-ethyl adjacent to an activating group) is 1. The molecule has 10 heteroatoms. The number of ether oxygens (including phenoxy) is 1. The SMILES string of the molecule is CC/C=C\C/C=C\C/C=C\C/C=C\C/C=C\C/C=C\CCCCCCCCCCC(=O)OC(/C=C\CCCCCCCCCCC)C(COP(=O)(O)OCC[N+](C)(C)C)NC(=O)CCCCCCCCCCC/C=C\C/C=C\CCCCC.